The normalized spacial score (nSPS) is 11.8. The lowest BCUT2D eigenvalue weighted by Gasteiger charge is -2.32. The van der Waals surface area contributed by atoms with Crippen LogP contribution < -0.4 is 23.8 Å². The summed E-state index contributed by atoms with van der Waals surface area (Å²) in [5, 5.41) is 3.14. The summed E-state index contributed by atoms with van der Waals surface area (Å²) in [7, 11) is -1.47. The summed E-state index contributed by atoms with van der Waals surface area (Å²) in [5.74, 6) is 0.115. The van der Waals surface area contributed by atoms with Gasteiger partial charge in [0.2, 0.25) is 11.8 Å². The molecule has 42 heavy (non-hydrogen) atoms. The van der Waals surface area contributed by atoms with Crippen molar-refractivity contribution in [3.8, 4) is 17.2 Å². The molecule has 10 nitrogen and oxygen atoms in total. The standard InChI is InChI=1S/C30H36ClN3O7S/c1-6-32-30(36)21(3)33(19-22-10-8-9-11-26(22)31)29(35)20-34(23-12-14-24(15-13-23)41-7-2)42(37,38)25-16-17-27(39-4)28(18-25)40-5/h8-18,21H,6-7,19-20H2,1-5H3,(H,32,36)/t21-/m0/s1. The van der Waals surface area contributed by atoms with Gasteiger partial charge in [0.1, 0.15) is 18.3 Å². The SMILES string of the molecule is CCNC(=O)[C@H](C)N(Cc1ccccc1Cl)C(=O)CN(c1ccc(OCC)cc1)S(=O)(=O)c1ccc(OC)c(OC)c1. The van der Waals surface area contributed by atoms with E-state index in [0.717, 1.165) is 4.31 Å². The zero-order valence-electron chi connectivity index (χ0n) is 24.3. The van der Waals surface area contributed by atoms with Gasteiger partial charge in [-0.1, -0.05) is 29.8 Å². The highest BCUT2D eigenvalue weighted by molar-refractivity contribution is 7.92. The molecule has 3 rings (SSSR count). The maximum Gasteiger partial charge on any atom is 0.264 e. The first-order valence-electron chi connectivity index (χ1n) is 13.4. The molecule has 226 valence electrons. The van der Waals surface area contributed by atoms with Gasteiger partial charge in [0.05, 0.1) is 31.4 Å². The third kappa shape index (κ3) is 7.65. The summed E-state index contributed by atoms with van der Waals surface area (Å²) in [6.07, 6.45) is 0. The van der Waals surface area contributed by atoms with Crippen molar-refractivity contribution in [1.82, 2.24) is 10.2 Å². The van der Waals surface area contributed by atoms with Crippen LogP contribution in [0.4, 0.5) is 5.69 Å². The number of amides is 2. The Balaban J connectivity index is 2.09. The van der Waals surface area contributed by atoms with Crippen LogP contribution in [0.5, 0.6) is 17.2 Å². The van der Waals surface area contributed by atoms with Gasteiger partial charge < -0.3 is 24.4 Å². The van der Waals surface area contributed by atoms with Gasteiger partial charge in [0, 0.05) is 24.2 Å². The molecule has 0 saturated heterocycles. The Morgan fingerprint density at radius 1 is 0.952 bits per heavy atom. The molecule has 1 N–H and O–H groups in total. The number of anilines is 1. The minimum Gasteiger partial charge on any atom is -0.494 e. The Kier molecular flexibility index (Phi) is 11.5. The molecule has 0 unspecified atom stereocenters. The van der Waals surface area contributed by atoms with E-state index in [0.29, 0.717) is 35.2 Å². The number of hydrogen-bond donors (Lipinski definition) is 1. The predicted octanol–water partition coefficient (Wildman–Crippen LogP) is 4.50. The van der Waals surface area contributed by atoms with Crippen molar-refractivity contribution in [1.29, 1.82) is 0 Å². The number of carbonyl (C=O) groups is 2. The fourth-order valence-corrected chi connectivity index (χ4v) is 5.85. The second kappa shape index (κ2) is 14.8. The van der Waals surface area contributed by atoms with Gasteiger partial charge in [-0.25, -0.2) is 8.42 Å². The lowest BCUT2D eigenvalue weighted by atomic mass is 10.1. The van der Waals surface area contributed by atoms with Crippen LogP contribution in [-0.2, 0) is 26.2 Å². The second-order valence-electron chi connectivity index (χ2n) is 9.14. The van der Waals surface area contributed by atoms with Gasteiger partial charge in [0.25, 0.3) is 10.0 Å². The second-order valence-corrected chi connectivity index (χ2v) is 11.4. The Labute approximate surface area is 252 Å². The van der Waals surface area contributed by atoms with E-state index in [9.17, 15) is 18.0 Å². The number of halogens is 1. The molecule has 12 heteroatoms. The highest BCUT2D eigenvalue weighted by Crippen LogP contribution is 2.33. The van der Waals surface area contributed by atoms with Crippen LogP contribution in [-0.4, -0.2) is 65.1 Å². The summed E-state index contributed by atoms with van der Waals surface area (Å²) in [6.45, 7) is 5.38. The zero-order valence-corrected chi connectivity index (χ0v) is 25.9. The maximum absolute atomic E-state index is 14.1. The molecule has 0 fully saturated rings. The van der Waals surface area contributed by atoms with Gasteiger partial charge in [-0.15, -0.1) is 0 Å². The molecular formula is C30H36ClN3O7S. The molecule has 0 aliphatic heterocycles. The molecule has 0 spiro atoms. The average molecular weight is 618 g/mol. The number of carbonyl (C=O) groups excluding carboxylic acids is 2. The number of likely N-dealkylation sites (N-methyl/N-ethyl adjacent to an activating group) is 1. The van der Waals surface area contributed by atoms with Crippen LogP contribution in [0.2, 0.25) is 5.02 Å². The van der Waals surface area contributed by atoms with E-state index in [2.05, 4.69) is 5.32 Å². The highest BCUT2D eigenvalue weighted by Gasteiger charge is 2.33. The number of benzene rings is 3. The Hall–Kier alpha value is -3.96. The molecule has 3 aromatic rings. The lowest BCUT2D eigenvalue weighted by Crippen LogP contribution is -2.51. The third-order valence-corrected chi connectivity index (χ3v) is 8.61. The van der Waals surface area contributed by atoms with Crippen molar-refractivity contribution >= 4 is 39.1 Å². The van der Waals surface area contributed by atoms with E-state index >= 15 is 0 Å². The van der Waals surface area contributed by atoms with Crippen molar-refractivity contribution in [3.05, 3.63) is 77.3 Å². The van der Waals surface area contributed by atoms with E-state index in [-0.39, 0.29) is 28.8 Å². The molecule has 0 radical (unpaired) electrons. The Morgan fingerprint density at radius 2 is 1.62 bits per heavy atom. The van der Waals surface area contributed by atoms with Gasteiger partial charge in [0.15, 0.2) is 11.5 Å². The van der Waals surface area contributed by atoms with E-state index in [1.165, 1.54) is 37.3 Å². The number of rotatable bonds is 14. The average Bonchev–Trinajstić information content (AvgIpc) is 2.99. The van der Waals surface area contributed by atoms with Crippen molar-refractivity contribution in [2.24, 2.45) is 0 Å². The zero-order chi connectivity index (χ0) is 30.9. The Morgan fingerprint density at radius 3 is 2.21 bits per heavy atom. The minimum absolute atomic E-state index is 0.00959. The van der Waals surface area contributed by atoms with Gasteiger partial charge in [-0.2, -0.15) is 0 Å². The molecule has 0 heterocycles. The van der Waals surface area contributed by atoms with Crippen molar-refractivity contribution < 1.29 is 32.2 Å². The summed E-state index contributed by atoms with van der Waals surface area (Å²) in [5.41, 5.74) is 0.837. The van der Waals surface area contributed by atoms with Crippen LogP contribution in [0.3, 0.4) is 0 Å². The van der Waals surface area contributed by atoms with Crippen LogP contribution in [0.1, 0.15) is 26.3 Å². The number of ether oxygens (including phenoxy) is 3. The predicted molar refractivity (Wildman–Crippen MR) is 162 cm³/mol. The first-order valence-corrected chi connectivity index (χ1v) is 15.2. The lowest BCUT2D eigenvalue weighted by molar-refractivity contribution is -0.139. The number of nitrogens with one attached hydrogen (secondary N) is 1. The smallest absolute Gasteiger partial charge is 0.264 e. The fraction of sp³-hybridized carbons (Fsp3) is 0.333. The number of hydrogen-bond acceptors (Lipinski definition) is 7. The molecule has 0 saturated carbocycles. The van der Waals surface area contributed by atoms with E-state index in [4.69, 9.17) is 25.8 Å². The molecular weight excluding hydrogens is 582 g/mol. The number of nitrogens with zero attached hydrogens (tertiary/aromatic N) is 2. The Bertz CT molecular complexity index is 1480. The van der Waals surface area contributed by atoms with Gasteiger partial charge in [-0.05, 0) is 68.8 Å². The minimum atomic E-state index is -4.32. The molecule has 2 amide bonds. The first kappa shape index (κ1) is 32.6. The molecule has 3 aromatic carbocycles. The molecule has 0 aliphatic carbocycles. The summed E-state index contributed by atoms with van der Waals surface area (Å²) >= 11 is 6.39. The molecule has 0 aliphatic rings. The van der Waals surface area contributed by atoms with Crippen molar-refractivity contribution in [2.75, 3.05) is 38.2 Å². The molecule has 0 bridgehead atoms. The molecule has 0 aromatic heterocycles. The van der Waals surface area contributed by atoms with E-state index in [1.807, 2.05) is 6.92 Å². The summed E-state index contributed by atoms with van der Waals surface area (Å²) in [6, 6.07) is 16.6. The number of sulfonamides is 1. The van der Waals surface area contributed by atoms with Gasteiger partial charge in [-0.3, -0.25) is 13.9 Å². The van der Waals surface area contributed by atoms with Crippen molar-refractivity contribution in [2.45, 2.75) is 38.3 Å². The van der Waals surface area contributed by atoms with Crippen LogP contribution >= 0.6 is 11.6 Å². The number of methoxy groups -OCH3 is 2. The first-order chi connectivity index (χ1) is 20.1. The van der Waals surface area contributed by atoms with Crippen LogP contribution in [0, 0.1) is 0 Å². The maximum atomic E-state index is 14.1. The summed E-state index contributed by atoms with van der Waals surface area (Å²) in [4.78, 5) is 28.1. The van der Waals surface area contributed by atoms with E-state index < -0.39 is 28.5 Å². The quantitative estimate of drug-likeness (QED) is 0.283. The monoisotopic (exact) mass is 617 g/mol. The summed E-state index contributed by atoms with van der Waals surface area (Å²) < 4.78 is 45.3. The van der Waals surface area contributed by atoms with Crippen LogP contribution in [0.15, 0.2) is 71.6 Å². The van der Waals surface area contributed by atoms with Gasteiger partial charge >= 0.3 is 0 Å². The largest absolute Gasteiger partial charge is 0.494 e. The highest BCUT2D eigenvalue weighted by atomic mass is 35.5. The fourth-order valence-electron chi connectivity index (χ4n) is 4.22. The van der Waals surface area contributed by atoms with Crippen LogP contribution in [0.25, 0.3) is 0 Å². The van der Waals surface area contributed by atoms with E-state index in [1.54, 1.807) is 62.4 Å². The third-order valence-electron chi connectivity index (χ3n) is 6.47. The topological polar surface area (TPSA) is 114 Å². The molecule has 1 atom stereocenters. The van der Waals surface area contributed by atoms with Crippen molar-refractivity contribution in [3.63, 3.8) is 0 Å².